The van der Waals surface area contributed by atoms with Crippen molar-refractivity contribution in [2.24, 2.45) is 18.5 Å². The van der Waals surface area contributed by atoms with E-state index >= 15 is 0 Å². The van der Waals surface area contributed by atoms with Crippen LogP contribution in [0.15, 0.2) is 35.6 Å². The SMILES string of the molecule is COC1CC(N)CCN(c2c(N3C=C(N)SC3c3c(F)cccc3F)cnn2C)C1. The lowest BCUT2D eigenvalue weighted by molar-refractivity contribution is 0.0992. The highest BCUT2D eigenvalue weighted by molar-refractivity contribution is 8.03. The number of methoxy groups -OCH3 is 1. The Bertz CT molecular complexity index is 931. The van der Waals surface area contributed by atoms with Gasteiger partial charge in [0.15, 0.2) is 5.82 Å². The summed E-state index contributed by atoms with van der Waals surface area (Å²) >= 11 is 1.21. The predicted octanol–water partition coefficient (Wildman–Crippen LogP) is 2.65. The average Bonchev–Trinajstić information content (AvgIpc) is 3.20. The molecular formula is C20H26F2N6OS. The molecule has 1 fully saturated rings. The quantitative estimate of drug-likeness (QED) is 0.762. The fourth-order valence-electron chi connectivity index (χ4n) is 4.08. The number of anilines is 2. The standard InChI is InChI=1S/C20H26F2N6OS/c1-26-19(27-7-6-12(23)8-13(10-27)29-2)16(9-25-26)28-11-17(24)30-20(28)18-14(21)4-3-5-15(18)22/h3-5,9,11-13,20H,6-8,10,23-24H2,1-2H3. The first kappa shape index (κ1) is 21.0. The molecule has 4 N–H and O–H groups in total. The molecule has 2 aliphatic heterocycles. The maximum atomic E-state index is 14.6. The lowest BCUT2D eigenvalue weighted by Gasteiger charge is -2.31. The van der Waals surface area contributed by atoms with Crippen LogP contribution in [0, 0.1) is 11.6 Å². The molecule has 3 unspecified atom stereocenters. The van der Waals surface area contributed by atoms with E-state index in [-0.39, 0.29) is 17.7 Å². The molecule has 1 saturated heterocycles. The van der Waals surface area contributed by atoms with Gasteiger partial charge in [-0.25, -0.2) is 8.78 Å². The first-order valence-electron chi connectivity index (χ1n) is 9.80. The Balaban J connectivity index is 1.74. The van der Waals surface area contributed by atoms with Crippen LogP contribution in [-0.4, -0.2) is 42.1 Å². The molecule has 4 rings (SSSR count). The van der Waals surface area contributed by atoms with Crippen molar-refractivity contribution < 1.29 is 13.5 Å². The summed E-state index contributed by atoms with van der Waals surface area (Å²) in [6.07, 6.45) is 4.97. The summed E-state index contributed by atoms with van der Waals surface area (Å²) in [6, 6.07) is 3.93. The van der Waals surface area contributed by atoms with Crippen molar-refractivity contribution in [2.75, 3.05) is 30.0 Å². The van der Waals surface area contributed by atoms with Crippen molar-refractivity contribution in [3.63, 3.8) is 0 Å². The topological polar surface area (TPSA) is 85.6 Å². The van der Waals surface area contributed by atoms with E-state index in [1.807, 2.05) is 7.05 Å². The number of aromatic nitrogens is 2. The Morgan fingerprint density at radius 3 is 2.70 bits per heavy atom. The molecular weight excluding hydrogens is 410 g/mol. The summed E-state index contributed by atoms with van der Waals surface area (Å²) < 4.78 is 36.5. The van der Waals surface area contributed by atoms with Gasteiger partial charge in [0.05, 0.1) is 22.9 Å². The summed E-state index contributed by atoms with van der Waals surface area (Å²) in [6.45, 7) is 1.38. The Labute approximate surface area is 178 Å². The van der Waals surface area contributed by atoms with Gasteiger partial charge in [-0.2, -0.15) is 5.10 Å². The van der Waals surface area contributed by atoms with Crippen molar-refractivity contribution in [1.82, 2.24) is 9.78 Å². The van der Waals surface area contributed by atoms with Crippen LogP contribution >= 0.6 is 11.8 Å². The van der Waals surface area contributed by atoms with Gasteiger partial charge in [-0.05, 0) is 25.0 Å². The van der Waals surface area contributed by atoms with Crippen LogP contribution in [0.25, 0.3) is 0 Å². The summed E-state index contributed by atoms with van der Waals surface area (Å²) in [5.74, 6) is -0.378. The van der Waals surface area contributed by atoms with Crippen LogP contribution in [0.3, 0.4) is 0 Å². The number of halogens is 2. The molecule has 0 spiro atoms. The number of hydrogen-bond donors (Lipinski definition) is 2. The first-order valence-corrected chi connectivity index (χ1v) is 10.7. The van der Waals surface area contributed by atoms with Crippen LogP contribution in [0.2, 0.25) is 0 Å². The Morgan fingerprint density at radius 1 is 1.27 bits per heavy atom. The van der Waals surface area contributed by atoms with Crippen molar-refractivity contribution in [3.8, 4) is 0 Å². The lowest BCUT2D eigenvalue weighted by Crippen LogP contribution is -2.34. The molecule has 3 heterocycles. The number of nitrogens with zero attached hydrogens (tertiary/aromatic N) is 4. The van der Waals surface area contributed by atoms with E-state index in [2.05, 4.69) is 10.00 Å². The Morgan fingerprint density at radius 2 is 2.00 bits per heavy atom. The zero-order valence-electron chi connectivity index (χ0n) is 17.0. The molecule has 0 radical (unpaired) electrons. The molecule has 7 nitrogen and oxygen atoms in total. The summed E-state index contributed by atoms with van der Waals surface area (Å²) in [5.41, 5.74) is 13.0. The van der Waals surface area contributed by atoms with Gasteiger partial charge in [0, 0.05) is 39.5 Å². The molecule has 0 saturated carbocycles. The second-order valence-corrected chi connectivity index (χ2v) is 8.76. The molecule has 3 atom stereocenters. The van der Waals surface area contributed by atoms with Gasteiger partial charge in [-0.1, -0.05) is 17.8 Å². The zero-order chi connectivity index (χ0) is 21.4. The van der Waals surface area contributed by atoms with Crippen molar-refractivity contribution in [3.05, 3.63) is 52.8 Å². The smallest absolute Gasteiger partial charge is 0.151 e. The molecule has 0 bridgehead atoms. The van der Waals surface area contributed by atoms with Crippen LogP contribution in [0.4, 0.5) is 20.3 Å². The van der Waals surface area contributed by atoms with Crippen molar-refractivity contribution in [2.45, 2.75) is 30.4 Å². The average molecular weight is 437 g/mol. The number of nitrogens with two attached hydrogens (primary N) is 2. The van der Waals surface area contributed by atoms with Crippen LogP contribution in [0.5, 0.6) is 0 Å². The van der Waals surface area contributed by atoms with Crippen molar-refractivity contribution >= 4 is 23.3 Å². The number of thioether (sulfide) groups is 1. The third kappa shape index (κ3) is 3.86. The molecule has 0 aliphatic carbocycles. The third-order valence-electron chi connectivity index (χ3n) is 5.57. The molecule has 2 aromatic rings. The van der Waals surface area contributed by atoms with Crippen LogP contribution < -0.4 is 21.3 Å². The zero-order valence-corrected chi connectivity index (χ0v) is 17.8. The van der Waals surface area contributed by atoms with Crippen molar-refractivity contribution in [1.29, 1.82) is 0 Å². The van der Waals surface area contributed by atoms with Crippen LogP contribution in [-0.2, 0) is 11.8 Å². The summed E-state index contributed by atoms with van der Waals surface area (Å²) in [4.78, 5) is 3.96. The molecule has 162 valence electrons. The predicted molar refractivity (Wildman–Crippen MR) is 115 cm³/mol. The lowest BCUT2D eigenvalue weighted by atomic mass is 10.1. The number of aryl methyl sites for hydroxylation is 1. The highest BCUT2D eigenvalue weighted by atomic mass is 32.2. The molecule has 2 aliphatic rings. The van der Waals surface area contributed by atoms with Gasteiger partial charge in [0.25, 0.3) is 0 Å². The van der Waals surface area contributed by atoms with E-state index < -0.39 is 17.0 Å². The summed E-state index contributed by atoms with van der Waals surface area (Å²) in [7, 11) is 3.53. The fraction of sp³-hybridized carbons (Fsp3) is 0.450. The highest BCUT2D eigenvalue weighted by Gasteiger charge is 2.35. The van der Waals surface area contributed by atoms with E-state index in [1.54, 1.807) is 29.1 Å². The minimum Gasteiger partial charge on any atom is -0.392 e. The number of benzene rings is 1. The van der Waals surface area contributed by atoms with Gasteiger partial charge >= 0.3 is 0 Å². The fourth-order valence-corrected chi connectivity index (χ4v) is 5.14. The monoisotopic (exact) mass is 436 g/mol. The molecule has 30 heavy (non-hydrogen) atoms. The molecule has 1 aromatic carbocycles. The summed E-state index contributed by atoms with van der Waals surface area (Å²) in [5, 5.41) is 4.24. The van der Waals surface area contributed by atoms with E-state index in [9.17, 15) is 8.78 Å². The molecule has 10 heteroatoms. The number of hydrogen-bond acceptors (Lipinski definition) is 7. The Hall–Kier alpha value is -2.30. The van der Waals surface area contributed by atoms with Gasteiger partial charge in [0.1, 0.15) is 22.7 Å². The Kier molecular flexibility index (Phi) is 5.90. The highest BCUT2D eigenvalue weighted by Crippen LogP contribution is 2.48. The minimum absolute atomic E-state index is 0.0152. The van der Waals surface area contributed by atoms with Gasteiger partial charge in [-0.15, -0.1) is 0 Å². The number of rotatable bonds is 4. The largest absolute Gasteiger partial charge is 0.392 e. The second kappa shape index (κ2) is 8.44. The van der Waals surface area contributed by atoms with Crippen LogP contribution in [0.1, 0.15) is 23.8 Å². The van der Waals surface area contributed by atoms with Gasteiger partial charge in [0.2, 0.25) is 0 Å². The minimum atomic E-state index is -0.665. The molecule has 1 aromatic heterocycles. The van der Waals surface area contributed by atoms with E-state index in [4.69, 9.17) is 16.2 Å². The number of ether oxygens (including phenoxy) is 1. The maximum Gasteiger partial charge on any atom is 0.151 e. The first-order chi connectivity index (χ1) is 14.4. The second-order valence-electron chi connectivity index (χ2n) is 7.61. The third-order valence-corrected chi connectivity index (χ3v) is 6.64. The normalized spacial score (nSPS) is 24.8. The van der Waals surface area contributed by atoms with Gasteiger partial charge < -0.3 is 26.0 Å². The van der Waals surface area contributed by atoms with E-state index in [1.165, 1.54) is 30.0 Å². The van der Waals surface area contributed by atoms with Gasteiger partial charge in [-0.3, -0.25) is 4.68 Å². The maximum absolute atomic E-state index is 14.6. The van der Waals surface area contributed by atoms with E-state index in [0.717, 1.165) is 30.9 Å². The molecule has 0 amide bonds. The van der Waals surface area contributed by atoms with E-state index in [0.29, 0.717) is 11.6 Å².